The molecule has 0 spiro atoms. The fraction of sp³-hybridized carbons (Fsp3) is 0.391. The molecular weight excluding hydrogens is 430 g/mol. The van der Waals surface area contributed by atoms with Gasteiger partial charge in [-0.2, -0.15) is 14.9 Å². The molecule has 2 aliphatic rings. The van der Waals surface area contributed by atoms with E-state index < -0.39 is 17.2 Å². The summed E-state index contributed by atoms with van der Waals surface area (Å²) < 4.78 is 29.3. The number of nitrogens with zero attached hydrogens (tertiary/aromatic N) is 6. The van der Waals surface area contributed by atoms with Crippen LogP contribution in [0, 0.1) is 23.0 Å². The van der Waals surface area contributed by atoms with E-state index in [0.717, 1.165) is 18.7 Å². The van der Waals surface area contributed by atoms with E-state index in [1.54, 1.807) is 17.0 Å². The number of hydrogen-bond acceptors (Lipinski definition) is 6. The van der Waals surface area contributed by atoms with E-state index >= 15 is 0 Å². The molecule has 2 saturated heterocycles. The van der Waals surface area contributed by atoms with Crippen LogP contribution in [0.2, 0.25) is 0 Å². The van der Waals surface area contributed by atoms with Crippen molar-refractivity contribution in [2.45, 2.75) is 37.3 Å². The van der Waals surface area contributed by atoms with E-state index in [1.807, 2.05) is 11.0 Å². The van der Waals surface area contributed by atoms with Gasteiger partial charge < -0.3 is 14.9 Å². The molecule has 3 aromatic rings. The van der Waals surface area contributed by atoms with Crippen molar-refractivity contribution in [3.8, 4) is 6.07 Å². The van der Waals surface area contributed by atoms with E-state index in [9.17, 15) is 18.7 Å². The van der Waals surface area contributed by atoms with Crippen molar-refractivity contribution in [2.75, 3.05) is 24.5 Å². The lowest BCUT2D eigenvalue weighted by atomic mass is 9.89. The maximum atomic E-state index is 14.0. The molecule has 4 heterocycles. The highest BCUT2D eigenvalue weighted by molar-refractivity contribution is 5.86. The monoisotopic (exact) mass is 452 g/mol. The van der Waals surface area contributed by atoms with E-state index in [0.29, 0.717) is 37.4 Å². The SMILES string of the molecule is N#Cc1cc(F)cc([C@@H]2CCCN2C(=O)C2(O)CCN(c3ccnc4c(F)cnn34)CC2)c1. The summed E-state index contributed by atoms with van der Waals surface area (Å²) in [5, 5.41) is 24.5. The summed E-state index contributed by atoms with van der Waals surface area (Å²) in [6.45, 7) is 1.21. The van der Waals surface area contributed by atoms with Gasteiger partial charge in [-0.05, 0) is 42.7 Å². The molecule has 5 rings (SSSR count). The van der Waals surface area contributed by atoms with Gasteiger partial charge in [0, 0.05) is 38.7 Å². The highest BCUT2D eigenvalue weighted by Gasteiger charge is 2.45. The van der Waals surface area contributed by atoms with Crippen molar-refractivity contribution >= 4 is 17.4 Å². The molecule has 2 aliphatic heterocycles. The topological polar surface area (TPSA) is 97.8 Å². The lowest BCUT2D eigenvalue weighted by Crippen LogP contribution is -2.55. The average Bonchev–Trinajstić information content (AvgIpc) is 3.46. The molecule has 8 nitrogen and oxygen atoms in total. The third-order valence-electron chi connectivity index (χ3n) is 6.60. The van der Waals surface area contributed by atoms with Crippen molar-refractivity contribution < 1.29 is 18.7 Å². The number of benzene rings is 1. The second kappa shape index (κ2) is 8.08. The van der Waals surface area contributed by atoms with Gasteiger partial charge in [-0.25, -0.2) is 13.8 Å². The fourth-order valence-corrected chi connectivity index (χ4v) is 4.90. The van der Waals surface area contributed by atoms with Gasteiger partial charge in [-0.1, -0.05) is 0 Å². The maximum Gasteiger partial charge on any atom is 0.255 e. The van der Waals surface area contributed by atoms with Crippen LogP contribution in [0.5, 0.6) is 0 Å². The number of rotatable bonds is 3. The number of fused-ring (bicyclic) bond motifs is 1. The number of halogens is 2. The van der Waals surface area contributed by atoms with Crippen molar-refractivity contribution in [3.63, 3.8) is 0 Å². The molecule has 0 bridgehead atoms. The molecule has 0 unspecified atom stereocenters. The summed E-state index contributed by atoms with van der Waals surface area (Å²) in [5.41, 5.74) is -0.657. The van der Waals surface area contributed by atoms with E-state index in [4.69, 9.17) is 5.26 Å². The van der Waals surface area contributed by atoms with E-state index in [2.05, 4.69) is 10.1 Å². The highest BCUT2D eigenvalue weighted by atomic mass is 19.1. The first kappa shape index (κ1) is 21.3. The number of aliphatic hydroxyl groups is 1. The fourth-order valence-electron chi connectivity index (χ4n) is 4.90. The lowest BCUT2D eigenvalue weighted by Gasteiger charge is -2.41. The summed E-state index contributed by atoms with van der Waals surface area (Å²) in [6, 6.07) is 7.40. The molecule has 2 aromatic heterocycles. The largest absolute Gasteiger partial charge is 0.380 e. The Bertz CT molecular complexity index is 1260. The molecule has 1 amide bonds. The summed E-state index contributed by atoms with van der Waals surface area (Å²) in [6.07, 6.45) is 4.36. The van der Waals surface area contributed by atoms with E-state index in [1.165, 1.54) is 16.8 Å². The third-order valence-corrected chi connectivity index (χ3v) is 6.60. The third kappa shape index (κ3) is 3.68. The summed E-state index contributed by atoms with van der Waals surface area (Å²) in [5.74, 6) is -0.773. The Morgan fingerprint density at radius 2 is 2.00 bits per heavy atom. The Morgan fingerprint density at radius 1 is 1.21 bits per heavy atom. The molecule has 1 atom stereocenters. The zero-order valence-electron chi connectivity index (χ0n) is 17.8. The second-order valence-electron chi connectivity index (χ2n) is 8.59. The minimum atomic E-state index is -1.55. The van der Waals surface area contributed by atoms with Crippen molar-refractivity contribution in [3.05, 3.63) is 59.4 Å². The summed E-state index contributed by atoms with van der Waals surface area (Å²) in [4.78, 5) is 21.0. The van der Waals surface area contributed by atoms with Crippen LogP contribution in [0.1, 0.15) is 42.9 Å². The minimum absolute atomic E-state index is 0.121. The molecule has 10 heteroatoms. The molecule has 33 heavy (non-hydrogen) atoms. The van der Waals surface area contributed by atoms with Crippen molar-refractivity contribution in [2.24, 2.45) is 0 Å². The summed E-state index contributed by atoms with van der Waals surface area (Å²) in [7, 11) is 0. The Kier molecular flexibility index (Phi) is 5.21. The molecule has 0 aliphatic carbocycles. The van der Waals surface area contributed by atoms with Crippen LogP contribution in [0.4, 0.5) is 14.6 Å². The Balaban J connectivity index is 1.34. The standard InChI is InChI=1S/C23H22F2N6O2/c24-17-11-15(13-26)10-16(12-17)19-2-1-7-30(19)22(32)23(33)4-8-29(9-5-23)20-3-6-27-21-18(25)14-28-31(20)21/h3,6,10-12,14,19,33H,1-2,4-5,7-9H2/t19-/m0/s1. The number of carbonyl (C=O) groups is 1. The van der Waals surface area contributed by atoms with Gasteiger partial charge in [0.1, 0.15) is 17.2 Å². The van der Waals surface area contributed by atoms with Crippen molar-refractivity contribution in [1.82, 2.24) is 19.5 Å². The zero-order valence-corrected chi connectivity index (χ0v) is 17.8. The van der Waals surface area contributed by atoms with E-state index in [-0.39, 0.29) is 36.0 Å². The lowest BCUT2D eigenvalue weighted by molar-refractivity contribution is -0.154. The van der Waals surface area contributed by atoms with Crippen LogP contribution in [-0.4, -0.2) is 55.7 Å². The quantitative estimate of drug-likeness (QED) is 0.656. The second-order valence-corrected chi connectivity index (χ2v) is 8.59. The first-order chi connectivity index (χ1) is 15.9. The number of nitriles is 1. The van der Waals surface area contributed by atoms with Gasteiger partial charge in [-0.3, -0.25) is 4.79 Å². The van der Waals surface area contributed by atoms with Gasteiger partial charge in [0.2, 0.25) is 0 Å². The number of hydrogen-bond donors (Lipinski definition) is 1. The summed E-state index contributed by atoms with van der Waals surface area (Å²) >= 11 is 0. The average molecular weight is 452 g/mol. The Hall–Kier alpha value is -3.58. The first-order valence-corrected chi connectivity index (χ1v) is 10.9. The van der Waals surface area contributed by atoms with Gasteiger partial charge in [0.05, 0.1) is 23.9 Å². The number of carbonyl (C=O) groups excluding carboxylic acids is 1. The van der Waals surface area contributed by atoms with Gasteiger partial charge in [-0.15, -0.1) is 0 Å². The predicted molar refractivity (Wildman–Crippen MR) is 114 cm³/mol. The predicted octanol–water partition coefficient (Wildman–Crippen LogP) is 2.57. The molecule has 0 saturated carbocycles. The molecule has 0 radical (unpaired) electrons. The number of likely N-dealkylation sites (tertiary alicyclic amines) is 1. The normalized spacial score (nSPS) is 20.2. The molecular formula is C23H22F2N6O2. The van der Waals surface area contributed by atoms with Crippen LogP contribution >= 0.6 is 0 Å². The first-order valence-electron chi connectivity index (χ1n) is 10.9. The Labute approximate surface area is 188 Å². The van der Waals surface area contributed by atoms with Crippen LogP contribution in [-0.2, 0) is 4.79 Å². The molecule has 1 aromatic carbocycles. The minimum Gasteiger partial charge on any atom is -0.380 e. The zero-order chi connectivity index (χ0) is 23.2. The van der Waals surface area contributed by atoms with Crippen LogP contribution in [0.25, 0.3) is 5.65 Å². The maximum absolute atomic E-state index is 14.0. The smallest absolute Gasteiger partial charge is 0.255 e. The molecule has 2 fully saturated rings. The van der Waals surface area contributed by atoms with Crippen molar-refractivity contribution in [1.29, 1.82) is 5.26 Å². The number of piperidine rings is 1. The van der Waals surface area contributed by atoms with Gasteiger partial charge in [0.25, 0.3) is 5.91 Å². The highest BCUT2D eigenvalue weighted by Crippen LogP contribution is 2.37. The van der Waals surface area contributed by atoms with Crippen LogP contribution in [0.3, 0.4) is 0 Å². The van der Waals surface area contributed by atoms with Gasteiger partial charge in [0.15, 0.2) is 11.5 Å². The number of anilines is 1. The van der Waals surface area contributed by atoms with Crippen LogP contribution < -0.4 is 4.90 Å². The number of amides is 1. The number of aromatic nitrogens is 3. The Morgan fingerprint density at radius 3 is 2.76 bits per heavy atom. The van der Waals surface area contributed by atoms with Gasteiger partial charge >= 0.3 is 0 Å². The molecule has 170 valence electrons. The molecule has 1 N–H and O–H groups in total. The van der Waals surface area contributed by atoms with Crippen LogP contribution in [0.15, 0.2) is 36.7 Å².